The first-order valence-corrected chi connectivity index (χ1v) is 10.2. The largest absolute Gasteiger partial charge is 0.323 e. The Hall–Kier alpha value is -2.68. The van der Waals surface area contributed by atoms with E-state index in [9.17, 15) is 0 Å². The van der Waals surface area contributed by atoms with Gasteiger partial charge < -0.3 is 5.32 Å². The number of fused-ring (bicyclic) bond motifs is 2. The van der Waals surface area contributed by atoms with E-state index in [-0.39, 0.29) is 0 Å². The van der Waals surface area contributed by atoms with E-state index in [0.29, 0.717) is 11.9 Å². The molecule has 1 aliphatic rings. The van der Waals surface area contributed by atoms with Gasteiger partial charge in [0.2, 0.25) is 5.95 Å². The quantitative estimate of drug-likeness (QED) is 0.584. The average molecular weight is 380 g/mol. The summed E-state index contributed by atoms with van der Waals surface area (Å²) in [6.45, 7) is 2.03. The number of thioether (sulfide) groups is 1. The summed E-state index contributed by atoms with van der Waals surface area (Å²) in [4.78, 5) is 13.5. The molecule has 5 heterocycles. The number of nitrogens with one attached hydrogen (secondary N) is 1. The van der Waals surface area contributed by atoms with Gasteiger partial charge in [0.25, 0.3) is 0 Å². The van der Waals surface area contributed by atoms with Crippen LogP contribution in [0.3, 0.4) is 0 Å². The van der Waals surface area contributed by atoms with Crippen LogP contribution in [0, 0.1) is 6.92 Å². The molecule has 0 atom stereocenters. The SMILES string of the molecule is Cc1cc2ncnn2cc1Nc1ncc2c(n1)c(C1CCSCC1)nn2C. The Balaban J connectivity index is 1.54. The predicted octanol–water partition coefficient (Wildman–Crippen LogP) is 3.07. The highest BCUT2D eigenvalue weighted by Gasteiger charge is 2.23. The van der Waals surface area contributed by atoms with E-state index in [1.165, 1.54) is 11.5 Å². The normalized spacial score (nSPS) is 15.6. The van der Waals surface area contributed by atoms with Crippen LogP contribution in [0.1, 0.15) is 30.0 Å². The molecule has 1 saturated heterocycles. The first-order chi connectivity index (χ1) is 13.2. The monoisotopic (exact) mass is 380 g/mol. The highest BCUT2D eigenvalue weighted by atomic mass is 32.2. The van der Waals surface area contributed by atoms with Gasteiger partial charge in [-0.2, -0.15) is 22.0 Å². The maximum absolute atomic E-state index is 4.82. The molecule has 0 aromatic carbocycles. The molecule has 4 aromatic heterocycles. The second kappa shape index (κ2) is 6.49. The van der Waals surface area contributed by atoms with Crippen LogP contribution in [-0.4, -0.2) is 45.9 Å². The van der Waals surface area contributed by atoms with E-state index in [2.05, 4.69) is 20.4 Å². The van der Waals surface area contributed by atoms with Crippen LogP contribution in [0.4, 0.5) is 11.6 Å². The lowest BCUT2D eigenvalue weighted by Crippen LogP contribution is -2.09. The first-order valence-electron chi connectivity index (χ1n) is 9.03. The van der Waals surface area contributed by atoms with Gasteiger partial charge in [0.15, 0.2) is 5.65 Å². The van der Waals surface area contributed by atoms with Crippen LogP contribution in [0.5, 0.6) is 0 Å². The molecule has 138 valence electrons. The minimum atomic E-state index is 0.478. The smallest absolute Gasteiger partial charge is 0.227 e. The molecule has 0 saturated carbocycles. The summed E-state index contributed by atoms with van der Waals surface area (Å²) >= 11 is 2.02. The molecule has 0 radical (unpaired) electrons. The van der Waals surface area contributed by atoms with Crippen molar-refractivity contribution in [3.63, 3.8) is 0 Å². The van der Waals surface area contributed by atoms with Gasteiger partial charge in [-0.3, -0.25) is 4.68 Å². The van der Waals surface area contributed by atoms with E-state index >= 15 is 0 Å². The fraction of sp³-hybridized carbons (Fsp3) is 0.389. The minimum Gasteiger partial charge on any atom is -0.323 e. The third kappa shape index (κ3) is 2.91. The van der Waals surface area contributed by atoms with Crippen LogP contribution in [-0.2, 0) is 7.05 Å². The standard InChI is InChI=1S/C18H20N8S/c1-11-7-15-20-10-21-26(15)9-13(11)22-18-19-8-14-17(23-18)16(24-25(14)2)12-3-5-27-6-4-12/h7-10,12H,3-6H2,1-2H3,(H,19,22,23). The lowest BCUT2D eigenvalue weighted by Gasteiger charge is -2.19. The Kier molecular flexibility index (Phi) is 3.96. The van der Waals surface area contributed by atoms with Gasteiger partial charge >= 0.3 is 0 Å². The molecule has 0 spiro atoms. The summed E-state index contributed by atoms with van der Waals surface area (Å²) in [5.74, 6) is 3.43. The van der Waals surface area contributed by atoms with Crippen molar-refractivity contribution in [3.8, 4) is 0 Å². The second-order valence-corrected chi connectivity index (χ2v) is 8.11. The zero-order valence-corrected chi connectivity index (χ0v) is 16.1. The molecular formula is C18H20N8S. The topological polar surface area (TPSA) is 85.8 Å². The summed E-state index contributed by atoms with van der Waals surface area (Å²) in [5.41, 5.74) is 5.81. The van der Waals surface area contributed by atoms with Gasteiger partial charge in [0.1, 0.15) is 17.4 Å². The number of hydrogen-bond acceptors (Lipinski definition) is 7. The number of pyridine rings is 1. The van der Waals surface area contributed by atoms with Crippen molar-refractivity contribution >= 4 is 40.1 Å². The number of nitrogens with zero attached hydrogens (tertiary/aromatic N) is 7. The summed E-state index contributed by atoms with van der Waals surface area (Å²) < 4.78 is 3.63. The summed E-state index contributed by atoms with van der Waals surface area (Å²) in [5, 5.41) is 12.3. The number of aryl methyl sites for hydroxylation is 2. The van der Waals surface area contributed by atoms with E-state index < -0.39 is 0 Å². The van der Waals surface area contributed by atoms with Crippen LogP contribution in [0.2, 0.25) is 0 Å². The van der Waals surface area contributed by atoms with Crippen molar-refractivity contribution in [3.05, 3.63) is 36.0 Å². The summed E-state index contributed by atoms with van der Waals surface area (Å²) in [6, 6.07) is 1.99. The molecular weight excluding hydrogens is 360 g/mol. The molecule has 4 aromatic rings. The molecule has 0 aliphatic carbocycles. The molecule has 0 unspecified atom stereocenters. The van der Waals surface area contributed by atoms with Crippen LogP contribution in [0.25, 0.3) is 16.7 Å². The molecule has 0 bridgehead atoms. The van der Waals surface area contributed by atoms with Crippen molar-refractivity contribution in [1.29, 1.82) is 0 Å². The van der Waals surface area contributed by atoms with Gasteiger partial charge in [-0.25, -0.2) is 19.5 Å². The fourth-order valence-electron chi connectivity index (χ4n) is 3.58. The van der Waals surface area contributed by atoms with Gasteiger partial charge in [-0.15, -0.1) is 0 Å². The lowest BCUT2D eigenvalue weighted by molar-refractivity contribution is 0.604. The maximum Gasteiger partial charge on any atom is 0.227 e. The zero-order chi connectivity index (χ0) is 18.4. The van der Waals surface area contributed by atoms with E-state index in [0.717, 1.165) is 46.5 Å². The first kappa shape index (κ1) is 16.5. The molecule has 27 heavy (non-hydrogen) atoms. The predicted molar refractivity (Wildman–Crippen MR) is 107 cm³/mol. The Morgan fingerprint density at radius 1 is 1.22 bits per heavy atom. The molecule has 5 rings (SSSR count). The third-order valence-electron chi connectivity index (χ3n) is 5.10. The van der Waals surface area contributed by atoms with Crippen molar-refractivity contribution in [1.82, 2.24) is 34.3 Å². The van der Waals surface area contributed by atoms with E-state index in [1.807, 2.05) is 48.9 Å². The second-order valence-electron chi connectivity index (χ2n) is 6.88. The van der Waals surface area contributed by atoms with Crippen molar-refractivity contribution in [2.75, 3.05) is 16.8 Å². The highest BCUT2D eigenvalue weighted by molar-refractivity contribution is 7.99. The molecule has 1 N–H and O–H groups in total. The molecule has 9 heteroatoms. The minimum absolute atomic E-state index is 0.478. The fourth-order valence-corrected chi connectivity index (χ4v) is 4.68. The number of aromatic nitrogens is 7. The summed E-state index contributed by atoms with van der Waals surface area (Å²) in [7, 11) is 1.96. The summed E-state index contributed by atoms with van der Waals surface area (Å²) in [6.07, 6.45) is 7.62. The third-order valence-corrected chi connectivity index (χ3v) is 6.14. The zero-order valence-electron chi connectivity index (χ0n) is 15.3. The Labute approximate surface area is 160 Å². The Morgan fingerprint density at radius 3 is 2.93 bits per heavy atom. The number of anilines is 2. The lowest BCUT2D eigenvalue weighted by atomic mass is 9.98. The van der Waals surface area contributed by atoms with E-state index in [1.54, 1.807) is 10.8 Å². The van der Waals surface area contributed by atoms with Gasteiger partial charge in [0.05, 0.1) is 23.8 Å². The van der Waals surface area contributed by atoms with Gasteiger partial charge in [0, 0.05) is 13.0 Å². The molecule has 8 nitrogen and oxygen atoms in total. The van der Waals surface area contributed by atoms with Crippen molar-refractivity contribution in [2.24, 2.45) is 7.05 Å². The average Bonchev–Trinajstić information content (AvgIpc) is 3.26. The maximum atomic E-state index is 4.82. The van der Waals surface area contributed by atoms with Crippen molar-refractivity contribution in [2.45, 2.75) is 25.7 Å². The van der Waals surface area contributed by atoms with Crippen LogP contribution < -0.4 is 5.32 Å². The van der Waals surface area contributed by atoms with Crippen molar-refractivity contribution < 1.29 is 0 Å². The molecule has 0 amide bonds. The van der Waals surface area contributed by atoms with Crippen LogP contribution >= 0.6 is 11.8 Å². The molecule has 1 fully saturated rings. The van der Waals surface area contributed by atoms with E-state index in [4.69, 9.17) is 10.1 Å². The Morgan fingerprint density at radius 2 is 2.07 bits per heavy atom. The van der Waals surface area contributed by atoms with Crippen LogP contribution in [0.15, 0.2) is 24.8 Å². The number of hydrogen-bond donors (Lipinski definition) is 1. The van der Waals surface area contributed by atoms with Gasteiger partial charge in [-0.1, -0.05) is 0 Å². The number of rotatable bonds is 3. The Bertz CT molecular complexity index is 1130. The molecule has 1 aliphatic heterocycles. The van der Waals surface area contributed by atoms with Gasteiger partial charge in [-0.05, 0) is 42.9 Å². The highest BCUT2D eigenvalue weighted by Crippen LogP contribution is 2.34.